The quantitative estimate of drug-likeness (QED) is 0.693. The van der Waals surface area contributed by atoms with Gasteiger partial charge in [0.05, 0.1) is 5.69 Å². The van der Waals surface area contributed by atoms with Crippen LogP contribution in [0, 0.1) is 5.41 Å². The number of aromatic nitrogens is 2. The average molecular weight is 277 g/mol. The van der Waals surface area contributed by atoms with E-state index in [0.717, 1.165) is 31.4 Å². The zero-order chi connectivity index (χ0) is 12.9. The predicted octanol–water partition coefficient (Wildman–Crippen LogP) is 3.79. The van der Waals surface area contributed by atoms with Crippen LogP contribution in [0.25, 0.3) is 0 Å². The standard InChI is InChI=1S/C13H22Cl2N2/c1-4-6-13(9-14,10-15)8-12-7-11(5-2)16-17(12)3/h7H,4-6,8-10H2,1-3H3. The fraction of sp³-hybridized carbons (Fsp3) is 0.769. The Morgan fingerprint density at radius 1 is 1.29 bits per heavy atom. The van der Waals surface area contributed by atoms with Crippen LogP contribution in [0.1, 0.15) is 38.1 Å². The fourth-order valence-corrected chi connectivity index (χ4v) is 2.92. The third kappa shape index (κ3) is 3.62. The van der Waals surface area contributed by atoms with Gasteiger partial charge in [-0.1, -0.05) is 20.3 Å². The van der Waals surface area contributed by atoms with E-state index < -0.39 is 0 Å². The molecule has 0 atom stereocenters. The Morgan fingerprint density at radius 3 is 2.35 bits per heavy atom. The summed E-state index contributed by atoms with van der Waals surface area (Å²) in [7, 11) is 1.99. The molecule has 0 unspecified atom stereocenters. The Morgan fingerprint density at radius 2 is 1.94 bits per heavy atom. The van der Waals surface area contributed by atoms with E-state index in [9.17, 15) is 0 Å². The minimum absolute atomic E-state index is 0.0106. The third-order valence-electron chi connectivity index (χ3n) is 3.29. The molecule has 1 rings (SSSR count). The number of nitrogens with zero attached hydrogens (tertiary/aromatic N) is 2. The van der Waals surface area contributed by atoms with Crippen molar-refractivity contribution in [1.29, 1.82) is 0 Å². The summed E-state index contributed by atoms with van der Waals surface area (Å²) in [6.45, 7) is 4.29. The van der Waals surface area contributed by atoms with Crippen LogP contribution >= 0.6 is 23.2 Å². The highest BCUT2D eigenvalue weighted by Crippen LogP contribution is 2.32. The summed E-state index contributed by atoms with van der Waals surface area (Å²) in [5, 5.41) is 4.47. The highest BCUT2D eigenvalue weighted by molar-refractivity contribution is 6.21. The molecule has 0 N–H and O–H groups in total. The molecule has 0 bridgehead atoms. The molecule has 0 saturated heterocycles. The van der Waals surface area contributed by atoms with E-state index in [0.29, 0.717) is 11.8 Å². The SMILES string of the molecule is CCCC(CCl)(CCl)Cc1cc(CC)nn1C. The van der Waals surface area contributed by atoms with Crippen molar-refractivity contribution in [1.82, 2.24) is 9.78 Å². The van der Waals surface area contributed by atoms with Crippen molar-refractivity contribution in [3.05, 3.63) is 17.5 Å². The molecule has 1 heterocycles. The summed E-state index contributed by atoms with van der Waals surface area (Å²) in [4.78, 5) is 0. The fourth-order valence-electron chi connectivity index (χ4n) is 2.18. The summed E-state index contributed by atoms with van der Waals surface area (Å²) in [5.74, 6) is 1.22. The first-order chi connectivity index (χ1) is 8.10. The van der Waals surface area contributed by atoms with Crippen LogP contribution in [-0.2, 0) is 19.9 Å². The second kappa shape index (κ2) is 6.65. The zero-order valence-corrected chi connectivity index (χ0v) is 12.5. The second-order valence-corrected chi connectivity index (χ2v) is 5.33. The van der Waals surface area contributed by atoms with Gasteiger partial charge in [0.2, 0.25) is 0 Å². The molecule has 0 aliphatic heterocycles. The first-order valence-corrected chi connectivity index (χ1v) is 7.31. The van der Waals surface area contributed by atoms with E-state index in [1.54, 1.807) is 0 Å². The van der Waals surface area contributed by atoms with Gasteiger partial charge in [-0.15, -0.1) is 23.2 Å². The molecule has 17 heavy (non-hydrogen) atoms. The average Bonchev–Trinajstić information content (AvgIpc) is 2.69. The Hall–Kier alpha value is -0.210. The van der Waals surface area contributed by atoms with Crippen molar-refractivity contribution in [3.63, 3.8) is 0 Å². The molecule has 1 aromatic heterocycles. The summed E-state index contributed by atoms with van der Waals surface area (Å²) in [6, 6.07) is 2.17. The predicted molar refractivity (Wildman–Crippen MR) is 75.1 cm³/mol. The molecule has 1 aromatic rings. The topological polar surface area (TPSA) is 17.8 Å². The number of aryl methyl sites for hydroxylation is 2. The van der Waals surface area contributed by atoms with Gasteiger partial charge < -0.3 is 0 Å². The van der Waals surface area contributed by atoms with Gasteiger partial charge in [-0.2, -0.15) is 5.10 Å². The number of rotatable bonds is 7. The summed E-state index contributed by atoms with van der Waals surface area (Å²) >= 11 is 12.3. The first-order valence-electron chi connectivity index (χ1n) is 6.24. The van der Waals surface area contributed by atoms with Gasteiger partial charge in [0.25, 0.3) is 0 Å². The molecular weight excluding hydrogens is 255 g/mol. The van der Waals surface area contributed by atoms with Crippen molar-refractivity contribution in [2.24, 2.45) is 12.5 Å². The Balaban J connectivity index is 2.88. The first kappa shape index (κ1) is 14.8. The van der Waals surface area contributed by atoms with E-state index in [-0.39, 0.29) is 5.41 Å². The molecule has 0 saturated carbocycles. The maximum Gasteiger partial charge on any atom is 0.0624 e. The van der Waals surface area contributed by atoms with E-state index in [1.165, 1.54) is 5.69 Å². The van der Waals surface area contributed by atoms with E-state index in [4.69, 9.17) is 23.2 Å². The Kier molecular flexibility index (Phi) is 5.81. The molecule has 0 fully saturated rings. The largest absolute Gasteiger partial charge is 0.272 e. The lowest BCUT2D eigenvalue weighted by atomic mass is 9.83. The van der Waals surface area contributed by atoms with E-state index in [2.05, 4.69) is 25.0 Å². The third-order valence-corrected chi connectivity index (χ3v) is 4.43. The zero-order valence-electron chi connectivity index (χ0n) is 11.0. The van der Waals surface area contributed by atoms with Crippen molar-refractivity contribution in [3.8, 4) is 0 Å². The summed E-state index contributed by atoms with van der Waals surface area (Å²) in [6.07, 6.45) is 4.05. The lowest BCUT2D eigenvalue weighted by molar-refractivity contribution is 0.332. The molecule has 0 aliphatic rings. The molecule has 0 aliphatic carbocycles. The molecule has 2 nitrogen and oxygen atoms in total. The second-order valence-electron chi connectivity index (χ2n) is 4.80. The smallest absolute Gasteiger partial charge is 0.0624 e. The number of hydrogen-bond acceptors (Lipinski definition) is 1. The van der Waals surface area contributed by atoms with Crippen LogP contribution in [0.2, 0.25) is 0 Å². The van der Waals surface area contributed by atoms with Gasteiger partial charge >= 0.3 is 0 Å². The molecule has 0 spiro atoms. The van der Waals surface area contributed by atoms with Crippen LogP contribution < -0.4 is 0 Å². The maximum absolute atomic E-state index is 6.13. The van der Waals surface area contributed by atoms with Gasteiger partial charge in [-0.05, 0) is 25.3 Å². The van der Waals surface area contributed by atoms with Crippen molar-refractivity contribution < 1.29 is 0 Å². The number of hydrogen-bond donors (Lipinski definition) is 0. The molecule has 98 valence electrons. The lowest BCUT2D eigenvalue weighted by Gasteiger charge is -2.29. The van der Waals surface area contributed by atoms with Crippen molar-refractivity contribution in [2.45, 2.75) is 39.5 Å². The van der Waals surface area contributed by atoms with Gasteiger partial charge in [0.15, 0.2) is 0 Å². The number of halogens is 2. The Bertz CT molecular complexity index is 343. The highest BCUT2D eigenvalue weighted by atomic mass is 35.5. The minimum Gasteiger partial charge on any atom is -0.272 e. The van der Waals surface area contributed by atoms with Gasteiger partial charge in [-0.3, -0.25) is 4.68 Å². The molecule has 0 aromatic carbocycles. The van der Waals surface area contributed by atoms with Crippen LogP contribution in [-0.4, -0.2) is 21.5 Å². The Labute approximate surface area is 114 Å². The lowest BCUT2D eigenvalue weighted by Crippen LogP contribution is -2.29. The molecule has 4 heteroatoms. The normalized spacial score (nSPS) is 12.1. The molecular formula is C13H22Cl2N2. The van der Waals surface area contributed by atoms with Crippen molar-refractivity contribution in [2.75, 3.05) is 11.8 Å². The summed E-state index contributed by atoms with van der Waals surface area (Å²) < 4.78 is 1.96. The van der Waals surface area contributed by atoms with Crippen LogP contribution in [0.4, 0.5) is 0 Å². The van der Waals surface area contributed by atoms with E-state index >= 15 is 0 Å². The molecule has 0 amide bonds. The van der Waals surface area contributed by atoms with Gasteiger partial charge in [0, 0.05) is 29.9 Å². The van der Waals surface area contributed by atoms with E-state index in [1.807, 2.05) is 11.7 Å². The summed E-state index contributed by atoms with van der Waals surface area (Å²) in [5.41, 5.74) is 2.38. The highest BCUT2D eigenvalue weighted by Gasteiger charge is 2.29. The van der Waals surface area contributed by atoms with Gasteiger partial charge in [-0.25, -0.2) is 0 Å². The van der Waals surface area contributed by atoms with Gasteiger partial charge in [0.1, 0.15) is 0 Å². The minimum atomic E-state index is 0.0106. The van der Waals surface area contributed by atoms with Crippen molar-refractivity contribution >= 4 is 23.2 Å². The van der Waals surface area contributed by atoms with Crippen LogP contribution in [0.15, 0.2) is 6.07 Å². The number of alkyl halides is 2. The maximum atomic E-state index is 6.13. The van der Waals surface area contributed by atoms with Crippen LogP contribution in [0.5, 0.6) is 0 Å². The molecule has 0 radical (unpaired) electrons. The monoisotopic (exact) mass is 276 g/mol. The van der Waals surface area contributed by atoms with Crippen LogP contribution in [0.3, 0.4) is 0 Å².